The van der Waals surface area contributed by atoms with E-state index in [1.807, 2.05) is 0 Å². The lowest BCUT2D eigenvalue weighted by Gasteiger charge is -2.26. The molecule has 82 valence electrons. The molecule has 0 spiro atoms. The molecule has 2 rings (SSSR count). The quantitative estimate of drug-likeness (QED) is 0.784. The third-order valence-corrected chi connectivity index (χ3v) is 2.75. The van der Waals surface area contributed by atoms with Crippen molar-refractivity contribution in [3.05, 3.63) is 29.1 Å². The van der Waals surface area contributed by atoms with Gasteiger partial charge in [0.2, 0.25) is 0 Å². The van der Waals surface area contributed by atoms with Crippen LogP contribution in [0.1, 0.15) is 17.0 Å². The molecule has 1 aliphatic rings. The van der Waals surface area contributed by atoms with Crippen molar-refractivity contribution >= 4 is 0 Å². The Balaban J connectivity index is 2.02. The Bertz CT molecular complexity index is 309. The number of hydrogen-bond acceptors (Lipinski definition) is 3. The molecular formula is C12H19N3. The van der Waals surface area contributed by atoms with Gasteiger partial charge >= 0.3 is 0 Å². The molecule has 1 aromatic rings. The predicted octanol–water partition coefficient (Wildman–Crippen LogP) is 1.10. The molecule has 0 unspecified atom stereocenters. The average Bonchev–Trinajstić information content (AvgIpc) is 2.17. The maximum Gasteiger partial charge on any atom is 0.0549 e. The molecule has 1 aliphatic heterocycles. The van der Waals surface area contributed by atoms with Crippen molar-refractivity contribution < 1.29 is 0 Å². The Kier molecular flexibility index (Phi) is 3.34. The van der Waals surface area contributed by atoms with Crippen LogP contribution in [0.4, 0.5) is 0 Å². The molecule has 0 radical (unpaired) electrons. The first-order valence-corrected chi connectivity index (χ1v) is 5.61. The van der Waals surface area contributed by atoms with Crippen LogP contribution in [0.3, 0.4) is 0 Å². The third kappa shape index (κ3) is 3.01. The molecule has 0 aromatic carbocycles. The lowest BCUT2D eigenvalue weighted by Crippen LogP contribution is -2.43. The summed E-state index contributed by atoms with van der Waals surface area (Å²) in [7, 11) is 0. The molecule has 0 bridgehead atoms. The van der Waals surface area contributed by atoms with Gasteiger partial charge in [-0.05, 0) is 31.5 Å². The van der Waals surface area contributed by atoms with Crippen molar-refractivity contribution in [2.75, 3.05) is 26.2 Å². The minimum absolute atomic E-state index is 0.990. The summed E-state index contributed by atoms with van der Waals surface area (Å²) in [5.74, 6) is 0. The van der Waals surface area contributed by atoms with Crippen molar-refractivity contribution in [1.82, 2.24) is 15.2 Å². The molecule has 0 atom stereocenters. The number of aryl methyl sites for hydroxylation is 2. The molecule has 1 aromatic heterocycles. The van der Waals surface area contributed by atoms with Crippen molar-refractivity contribution in [1.29, 1.82) is 0 Å². The Labute approximate surface area is 91.5 Å². The molecule has 0 aliphatic carbocycles. The predicted molar refractivity (Wildman–Crippen MR) is 61.9 cm³/mol. The van der Waals surface area contributed by atoms with Crippen LogP contribution in [0, 0.1) is 13.8 Å². The highest BCUT2D eigenvalue weighted by Gasteiger charge is 2.10. The highest BCUT2D eigenvalue weighted by Crippen LogP contribution is 2.07. The first kappa shape index (κ1) is 10.6. The van der Waals surface area contributed by atoms with E-state index < -0.39 is 0 Å². The third-order valence-electron chi connectivity index (χ3n) is 2.75. The minimum Gasteiger partial charge on any atom is -0.314 e. The zero-order valence-corrected chi connectivity index (χ0v) is 9.58. The van der Waals surface area contributed by atoms with Crippen molar-refractivity contribution in [2.45, 2.75) is 20.4 Å². The van der Waals surface area contributed by atoms with E-state index in [0.717, 1.165) is 38.4 Å². The van der Waals surface area contributed by atoms with Crippen LogP contribution in [-0.2, 0) is 6.54 Å². The number of nitrogens with zero attached hydrogens (tertiary/aromatic N) is 2. The maximum absolute atomic E-state index is 4.57. The van der Waals surface area contributed by atoms with Gasteiger partial charge in [0.25, 0.3) is 0 Å². The number of aromatic nitrogens is 1. The smallest absolute Gasteiger partial charge is 0.0549 e. The number of pyridine rings is 1. The van der Waals surface area contributed by atoms with Crippen LogP contribution in [0.2, 0.25) is 0 Å². The Hall–Kier alpha value is -0.930. The van der Waals surface area contributed by atoms with Gasteiger partial charge in [0.15, 0.2) is 0 Å². The summed E-state index contributed by atoms with van der Waals surface area (Å²) in [5.41, 5.74) is 3.64. The van der Waals surface area contributed by atoms with Gasteiger partial charge in [-0.1, -0.05) is 0 Å². The molecule has 2 heterocycles. The number of piperazine rings is 1. The highest BCUT2D eigenvalue weighted by molar-refractivity contribution is 5.19. The Morgan fingerprint density at radius 1 is 1.27 bits per heavy atom. The van der Waals surface area contributed by atoms with E-state index in [1.54, 1.807) is 0 Å². The first-order valence-electron chi connectivity index (χ1n) is 5.61. The molecule has 0 saturated carbocycles. The van der Waals surface area contributed by atoms with Crippen LogP contribution in [0.5, 0.6) is 0 Å². The number of nitrogens with one attached hydrogen (secondary N) is 1. The lowest BCUT2D eigenvalue weighted by molar-refractivity contribution is 0.230. The second-order valence-corrected chi connectivity index (χ2v) is 4.30. The zero-order chi connectivity index (χ0) is 10.7. The van der Waals surface area contributed by atoms with E-state index >= 15 is 0 Å². The fourth-order valence-corrected chi connectivity index (χ4v) is 2.10. The molecule has 15 heavy (non-hydrogen) atoms. The van der Waals surface area contributed by atoms with Gasteiger partial charge in [0.05, 0.1) is 5.69 Å². The molecule has 3 heteroatoms. The summed E-state index contributed by atoms with van der Waals surface area (Å²) >= 11 is 0. The van der Waals surface area contributed by atoms with Crippen LogP contribution >= 0.6 is 0 Å². The van der Waals surface area contributed by atoms with E-state index in [4.69, 9.17) is 0 Å². The van der Waals surface area contributed by atoms with Gasteiger partial charge in [-0.2, -0.15) is 0 Å². The Morgan fingerprint density at radius 3 is 2.67 bits per heavy atom. The van der Waals surface area contributed by atoms with Crippen molar-refractivity contribution in [2.24, 2.45) is 0 Å². The van der Waals surface area contributed by atoms with E-state index in [9.17, 15) is 0 Å². The van der Waals surface area contributed by atoms with Gasteiger partial charge in [-0.25, -0.2) is 0 Å². The first-order chi connectivity index (χ1) is 7.24. The second kappa shape index (κ2) is 4.73. The molecule has 1 saturated heterocycles. The summed E-state index contributed by atoms with van der Waals surface area (Å²) in [4.78, 5) is 7.02. The van der Waals surface area contributed by atoms with Gasteiger partial charge in [-0.3, -0.25) is 9.88 Å². The number of rotatable bonds is 2. The average molecular weight is 205 g/mol. The normalized spacial score (nSPS) is 18.0. The Morgan fingerprint density at radius 2 is 2.00 bits per heavy atom. The van der Waals surface area contributed by atoms with Crippen LogP contribution < -0.4 is 5.32 Å². The number of hydrogen-bond donors (Lipinski definition) is 1. The maximum atomic E-state index is 4.57. The second-order valence-electron chi connectivity index (χ2n) is 4.30. The van der Waals surface area contributed by atoms with Gasteiger partial charge < -0.3 is 5.32 Å². The lowest BCUT2D eigenvalue weighted by atomic mass is 10.2. The van der Waals surface area contributed by atoms with E-state index in [1.165, 1.54) is 11.3 Å². The standard InChI is InChI=1S/C12H19N3/c1-10-7-11(2)14-12(8-10)9-15-5-3-13-4-6-15/h7-8,13H,3-6,9H2,1-2H3. The van der Waals surface area contributed by atoms with E-state index in [2.05, 4.69) is 41.2 Å². The summed E-state index contributed by atoms with van der Waals surface area (Å²) in [6.45, 7) is 9.66. The van der Waals surface area contributed by atoms with Crippen LogP contribution in [0.25, 0.3) is 0 Å². The molecule has 1 N–H and O–H groups in total. The highest BCUT2D eigenvalue weighted by atomic mass is 15.2. The fraction of sp³-hybridized carbons (Fsp3) is 0.583. The van der Waals surface area contributed by atoms with E-state index in [0.29, 0.717) is 0 Å². The molecular weight excluding hydrogens is 186 g/mol. The van der Waals surface area contributed by atoms with E-state index in [-0.39, 0.29) is 0 Å². The molecule has 1 fully saturated rings. The monoisotopic (exact) mass is 205 g/mol. The zero-order valence-electron chi connectivity index (χ0n) is 9.58. The summed E-state index contributed by atoms with van der Waals surface area (Å²) < 4.78 is 0. The van der Waals surface area contributed by atoms with Gasteiger partial charge in [-0.15, -0.1) is 0 Å². The van der Waals surface area contributed by atoms with Crippen molar-refractivity contribution in [3.63, 3.8) is 0 Å². The molecule has 0 amide bonds. The summed E-state index contributed by atoms with van der Waals surface area (Å²) in [6, 6.07) is 4.32. The summed E-state index contributed by atoms with van der Waals surface area (Å²) in [5, 5.41) is 3.36. The van der Waals surface area contributed by atoms with Crippen LogP contribution in [-0.4, -0.2) is 36.1 Å². The van der Waals surface area contributed by atoms with Gasteiger partial charge in [0, 0.05) is 38.4 Å². The largest absolute Gasteiger partial charge is 0.314 e. The fourth-order valence-electron chi connectivity index (χ4n) is 2.10. The molecule has 3 nitrogen and oxygen atoms in total. The SMILES string of the molecule is Cc1cc(C)nc(CN2CCNCC2)c1. The minimum atomic E-state index is 0.990. The van der Waals surface area contributed by atoms with Gasteiger partial charge in [0.1, 0.15) is 0 Å². The topological polar surface area (TPSA) is 28.2 Å². The van der Waals surface area contributed by atoms with Crippen LogP contribution in [0.15, 0.2) is 12.1 Å². The summed E-state index contributed by atoms with van der Waals surface area (Å²) in [6.07, 6.45) is 0. The van der Waals surface area contributed by atoms with Crippen molar-refractivity contribution in [3.8, 4) is 0 Å².